The Labute approximate surface area is 336 Å². The van der Waals surface area contributed by atoms with Crippen molar-refractivity contribution in [3.8, 4) is 0 Å². The van der Waals surface area contributed by atoms with E-state index in [1.54, 1.807) is 46.9 Å². The number of esters is 1. The molecule has 3 aliphatic heterocycles. The lowest BCUT2D eigenvalue weighted by molar-refractivity contribution is -0.296. The first kappa shape index (κ1) is 44.2. The summed E-state index contributed by atoms with van der Waals surface area (Å²) in [4.78, 5) is 62.2. The second kappa shape index (κ2) is 17.9. The standard InChI is InChI=1S/C43H62N4O10/c1-11-13-33-43(8)37(46-41(52)57-43)25(4)34(48)23(2)21-42(7,53-17-12-14-28-19-29-20-30(44)15-16-31(29)45-22-28)38(26(5)35(49)27(6)39(51)55-33)56-40-36(50)32(47(9)10)18-24(3)54-40/h12,14-16,19-20,22-27,32-33,36-38,40,50H,11,13,17-18,21,44H2,1-10H3,(H,46,52)/b14-12+/t23-,24-,25+,26+,27-,32+,33-,36-,37+,38-,40+,42-,43-/m1/s1. The zero-order valence-electron chi connectivity index (χ0n) is 35.0. The van der Waals surface area contributed by atoms with Crippen LogP contribution in [0.25, 0.3) is 17.0 Å². The molecule has 0 bridgehead atoms. The first-order valence-electron chi connectivity index (χ1n) is 20.2. The molecule has 0 saturated carbocycles. The minimum Gasteiger partial charge on any atom is -0.457 e. The highest BCUT2D eigenvalue weighted by Crippen LogP contribution is 2.40. The molecule has 14 heteroatoms. The van der Waals surface area contributed by atoms with Crippen molar-refractivity contribution in [2.45, 2.75) is 135 Å². The number of aromatic nitrogens is 1. The number of aliphatic hydroxyl groups is 1. The number of nitrogen functional groups attached to an aromatic ring is 1. The molecular weight excluding hydrogens is 732 g/mol. The predicted octanol–water partition coefficient (Wildman–Crippen LogP) is 5.08. The molecule has 2 aromatic rings. The van der Waals surface area contributed by atoms with E-state index in [4.69, 9.17) is 29.4 Å². The summed E-state index contributed by atoms with van der Waals surface area (Å²) >= 11 is 0. The first-order chi connectivity index (χ1) is 26.8. The number of anilines is 1. The Morgan fingerprint density at radius 2 is 1.77 bits per heavy atom. The molecule has 13 atom stereocenters. The van der Waals surface area contributed by atoms with Gasteiger partial charge in [-0.15, -0.1) is 0 Å². The number of hydrogen-bond donors (Lipinski definition) is 3. The van der Waals surface area contributed by atoms with Crippen molar-refractivity contribution in [2.24, 2.45) is 23.7 Å². The van der Waals surface area contributed by atoms with Gasteiger partial charge in [0.1, 0.15) is 23.9 Å². The number of ether oxygens (including phenoxy) is 5. The lowest BCUT2D eigenvalue weighted by atomic mass is 9.73. The maximum absolute atomic E-state index is 14.5. The van der Waals surface area contributed by atoms with Crippen LogP contribution in [0.2, 0.25) is 0 Å². The van der Waals surface area contributed by atoms with Gasteiger partial charge in [-0.1, -0.05) is 46.3 Å². The van der Waals surface area contributed by atoms with Gasteiger partial charge < -0.3 is 44.7 Å². The monoisotopic (exact) mass is 794 g/mol. The van der Waals surface area contributed by atoms with Crippen LogP contribution in [0.3, 0.4) is 0 Å². The van der Waals surface area contributed by atoms with E-state index in [0.29, 0.717) is 24.9 Å². The van der Waals surface area contributed by atoms with E-state index in [2.05, 4.69) is 10.3 Å². The van der Waals surface area contributed by atoms with Crippen LogP contribution >= 0.6 is 0 Å². The lowest BCUT2D eigenvalue weighted by Gasteiger charge is -2.47. The fourth-order valence-corrected chi connectivity index (χ4v) is 8.93. The molecule has 0 unspecified atom stereocenters. The molecule has 1 aromatic carbocycles. The fraction of sp³-hybridized carbons (Fsp3) is 0.651. The third-order valence-corrected chi connectivity index (χ3v) is 12.2. The van der Waals surface area contributed by atoms with E-state index in [1.807, 2.05) is 63.2 Å². The molecule has 14 nitrogen and oxygen atoms in total. The van der Waals surface area contributed by atoms with Gasteiger partial charge in [-0.05, 0) is 90.9 Å². The summed E-state index contributed by atoms with van der Waals surface area (Å²) in [5.74, 6) is -5.17. The Balaban J connectivity index is 1.56. The number of benzene rings is 1. The number of hydrogen-bond acceptors (Lipinski definition) is 13. The largest absolute Gasteiger partial charge is 0.457 e. The SMILES string of the molecule is CCC[C@H]1OC(=O)[C@H](C)C(=O)[C@H](C)[C@@H](O[C@@H]2O[C@H](C)C[C@H](N(C)C)[C@H]2O)[C@](C)(OC/C=C/c2cnc3ccc(N)cc3c2)C[C@@H](C)C(=O)[C@H](C)[C@@H]2NC(=O)O[C@]12C. The van der Waals surface area contributed by atoms with Crippen LogP contribution in [-0.4, -0.2) is 113 Å². The minimum absolute atomic E-state index is 0.0361. The second-order valence-electron chi connectivity index (χ2n) is 17.0. The van der Waals surface area contributed by atoms with Crippen LogP contribution < -0.4 is 11.1 Å². The number of nitrogens with two attached hydrogens (primary N) is 1. The van der Waals surface area contributed by atoms with E-state index >= 15 is 0 Å². The van der Waals surface area contributed by atoms with Gasteiger partial charge in [-0.2, -0.15) is 0 Å². The van der Waals surface area contributed by atoms with Crippen LogP contribution in [0.5, 0.6) is 0 Å². The average molecular weight is 795 g/mol. The number of pyridine rings is 1. The number of amides is 1. The van der Waals surface area contributed by atoms with Gasteiger partial charge in [0.05, 0.1) is 36.0 Å². The van der Waals surface area contributed by atoms with Gasteiger partial charge in [0.25, 0.3) is 0 Å². The lowest BCUT2D eigenvalue weighted by Crippen LogP contribution is -2.60. The fourth-order valence-electron chi connectivity index (χ4n) is 8.93. The molecule has 3 fully saturated rings. The Bertz CT molecular complexity index is 1820. The number of Topliss-reactive ketones (excluding diaryl/α,β-unsaturated/α-hetero) is 2. The van der Waals surface area contributed by atoms with E-state index in [9.17, 15) is 24.3 Å². The summed E-state index contributed by atoms with van der Waals surface area (Å²) in [6, 6.07) is 6.32. The maximum atomic E-state index is 14.5. The highest BCUT2D eigenvalue weighted by atomic mass is 16.7. The third-order valence-electron chi connectivity index (χ3n) is 12.2. The summed E-state index contributed by atoms with van der Waals surface area (Å²) in [7, 11) is 3.74. The van der Waals surface area contributed by atoms with Gasteiger partial charge in [-0.25, -0.2) is 4.79 Å². The number of alkyl carbamates (subject to hydrolysis) is 1. The van der Waals surface area contributed by atoms with Crippen LogP contribution in [0.1, 0.15) is 86.6 Å². The number of cyclic esters (lactones) is 1. The molecule has 57 heavy (non-hydrogen) atoms. The molecule has 314 valence electrons. The van der Waals surface area contributed by atoms with E-state index in [-0.39, 0.29) is 31.0 Å². The number of rotatable bonds is 9. The Kier molecular flexibility index (Phi) is 13.9. The van der Waals surface area contributed by atoms with Crippen LogP contribution in [0.15, 0.2) is 36.5 Å². The molecule has 0 spiro atoms. The quantitative estimate of drug-likeness (QED) is 0.173. The van der Waals surface area contributed by atoms with Gasteiger partial charge in [0.2, 0.25) is 0 Å². The van der Waals surface area contributed by atoms with E-state index in [1.165, 1.54) is 6.92 Å². The number of likely N-dealkylation sites (N-methyl/N-ethyl adjacent to an activating group) is 1. The Morgan fingerprint density at radius 3 is 2.46 bits per heavy atom. The summed E-state index contributed by atoms with van der Waals surface area (Å²) in [6.45, 7) is 14.0. The molecule has 1 aromatic heterocycles. The highest BCUT2D eigenvalue weighted by molar-refractivity contribution is 6.00. The van der Waals surface area contributed by atoms with Crippen molar-refractivity contribution < 1.29 is 48.0 Å². The number of nitrogens with zero attached hydrogens (tertiary/aromatic N) is 2. The first-order valence-corrected chi connectivity index (χ1v) is 20.2. The van der Waals surface area contributed by atoms with Gasteiger partial charge in [-0.3, -0.25) is 19.4 Å². The van der Waals surface area contributed by atoms with E-state index in [0.717, 1.165) is 16.5 Å². The van der Waals surface area contributed by atoms with Gasteiger partial charge >= 0.3 is 12.1 Å². The second-order valence-corrected chi connectivity index (χ2v) is 17.0. The molecule has 0 radical (unpaired) electrons. The molecule has 1 amide bonds. The zero-order chi connectivity index (χ0) is 42.0. The molecule has 5 rings (SSSR count). The smallest absolute Gasteiger partial charge is 0.408 e. The van der Waals surface area contributed by atoms with Crippen molar-refractivity contribution in [3.05, 3.63) is 42.1 Å². The third kappa shape index (κ3) is 9.52. The summed E-state index contributed by atoms with van der Waals surface area (Å²) in [5.41, 5.74) is 5.48. The molecule has 4 heterocycles. The maximum Gasteiger partial charge on any atom is 0.408 e. The minimum atomic E-state index is -1.39. The van der Waals surface area contributed by atoms with Crippen molar-refractivity contribution in [1.82, 2.24) is 15.2 Å². The number of fused-ring (bicyclic) bond motifs is 2. The summed E-state index contributed by atoms with van der Waals surface area (Å²) in [5, 5.41) is 15.3. The molecule has 3 aliphatic rings. The zero-order valence-corrected chi connectivity index (χ0v) is 35.0. The molecule has 3 saturated heterocycles. The molecule has 0 aliphatic carbocycles. The van der Waals surface area contributed by atoms with Crippen molar-refractivity contribution in [2.75, 3.05) is 26.4 Å². The molecule has 4 N–H and O–H groups in total. The van der Waals surface area contributed by atoms with Crippen molar-refractivity contribution in [1.29, 1.82) is 0 Å². The predicted molar refractivity (Wildman–Crippen MR) is 215 cm³/mol. The summed E-state index contributed by atoms with van der Waals surface area (Å²) in [6.07, 6.45) is 1.62. The van der Waals surface area contributed by atoms with Crippen molar-refractivity contribution >= 4 is 46.3 Å². The van der Waals surface area contributed by atoms with E-state index < -0.39 is 83.4 Å². The van der Waals surface area contributed by atoms with Crippen molar-refractivity contribution in [3.63, 3.8) is 0 Å². The number of nitrogens with one attached hydrogen (secondary N) is 1. The van der Waals surface area contributed by atoms with Crippen LogP contribution in [0.4, 0.5) is 10.5 Å². The summed E-state index contributed by atoms with van der Waals surface area (Å²) < 4.78 is 31.6. The number of ketones is 2. The Hall–Kier alpha value is -3.95. The average Bonchev–Trinajstić information content (AvgIpc) is 3.48. The number of carbonyl (C=O) groups excluding carboxylic acids is 4. The highest BCUT2D eigenvalue weighted by Gasteiger charge is 2.57. The van der Waals surface area contributed by atoms with Gasteiger partial charge in [0.15, 0.2) is 17.7 Å². The van der Waals surface area contributed by atoms with Crippen LogP contribution in [0, 0.1) is 23.7 Å². The molecular formula is C43H62N4O10. The number of aliphatic hydroxyl groups excluding tert-OH is 1. The van der Waals surface area contributed by atoms with Crippen LogP contribution in [-0.2, 0) is 38.1 Å². The van der Waals surface area contributed by atoms with Gasteiger partial charge in [0, 0.05) is 41.1 Å². The Morgan fingerprint density at radius 1 is 1.05 bits per heavy atom. The topological polar surface area (TPSA) is 189 Å². The normalized spacial score (nSPS) is 37.2. The number of carbonyl (C=O) groups is 4.